The lowest BCUT2D eigenvalue weighted by atomic mass is 10.1. The topological polar surface area (TPSA) is 86.3 Å². The molecule has 1 fully saturated rings. The fourth-order valence-electron chi connectivity index (χ4n) is 4.11. The molecule has 0 radical (unpaired) electrons. The highest BCUT2D eigenvalue weighted by molar-refractivity contribution is 7.71. The zero-order valence-corrected chi connectivity index (χ0v) is 20.2. The number of aromatic nitrogens is 3. The van der Waals surface area contributed by atoms with E-state index in [-0.39, 0.29) is 11.8 Å². The van der Waals surface area contributed by atoms with Crippen molar-refractivity contribution in [3.05, 3.63) is 70.5 Å². The van der Waals surface area contributed by atoms with Gasteiger partial charge in [0.15, 0.2) is 10.6 Å². The summed E-state index contributed by atoms with van der Waals surface area (Å²) in [6.07, 6.45) is 0.351. The minimum atomic E-state index is 0.00152. The van der Waals surface area contributed by atoms with Crippen LogP contribution in [0.25, 0.3) is 11.4 Å². The Morgan fingerprint density at radius 1 is 1.06 bits per heavy atom. The van der Waals surface area contributed by atoms with E-state index in [2.05, 4.69) is 26.5 Å². The number of piperazine rings is 1. The zero-order valence-electron chi connectivity index (χ0n) is 19.4. The summed E-state index contributed by atoms with van der Waals surface area (Å²) in [6.45, 7) is 5.98. The minimum absolute atomic E-state index is 0.00152. The van der Waals surface area contributed by atoms with Crippen molar-refractivity contribution in [3.63, 3.8) is 0 Å². The number of aryl methyl sites for hydroxylation is 1. The lowest BCUT2D eigenvalue weighted by Gasteiger charge is -2.34. The van der Waals surface area contributed by atoms with Crippen LogP contribution in [0.1, 0.15) is 17.5 Å². The second kappa shape index (κ2) is 11.2. The van der Waals surface area contributed by atoms with Crippen LogP contribution in [-0.2, 0) is 22.7 Å². The fourth-order valence-corrected chi connectivity index (χ4v) is 4.33. The number of amides is 2. The van der Waals surface area contributed by atoms with Crippen LogP contribution in [-0.4, -0.2) is 69.1 Å². The number of carbonyl (C=O) groups excluding carboxylic acids is 2. The highest BCUT2D eigenvalue weighted by Crippen LogP contribution is 2.19. The molecule has 0 unspecified atom stereocenters. The average molecular weight is 479 g/mol. The second-order valence-electron chi connectivity index (χ2n) is 8.54. The molecule has 0 saturated carbocycles. The Hall–Kier alpha value is -3.30. The van der Waals surface area contributed by atoms with Gasteiger partial charge in [-0.3, -0.25) is 24.2 Å². The summed E-state index contributed by atoms with van der Waals surface area (Å²) >= 11 is 5.40. The Kier molecular flexibility index (Phi) is 7.87. The third-order valence-electron chi connectivity index (χ3n) is 6.01. The van der Waals surface area contributed by atoms with Crippen LogP contribution in [0.15, 0.2) is 54.6 Å². The lowest BCUT2D eigenvalue weighted by Crippen LogP contribution is -2.51. The van der Waals surface area contributed by atoms with Crippen molar-refractivity contribution in [2.45, 2.75) is 26.4 Å². The Morgan fingerprint density at radius 3 is 2.56 bits per heavy atom. The van der Waals surface area contributed by atoms with E-state index >= 15 is 0 Å². The Bertz CT molecular complexity index is 1180. The van der Waals surface area contributed by atoms with Crippen molar-refractivity contribution >= 4 is 24.0 Å². The first-order chi connectivity index (χ1) is 16.5. The van der Waals surface area contributed by atoms with Crippen molar-refractivity contribution in [2.75, 3.05) is 32.7 Å². The van der Waals surface area contributed by atoms with E-state index in [1.807, 2.05) is 64.9 Å². The van der Waals surface area contributed by atoms with Crippen molar-refractivity contribution < 1.29 is 9.59 Å². The number of aromatic amines is 1. The number of hydrogen-bond acceptors (Lipinski definition) is 5. The van der Waals surface area contributed by atoms with Gasteiger partial charge in [0.1, 0.15) is 0 Å². The molecular weight excluding hydrogens is 448 g/mol. The standard InChI is InChI=1S/C25H30N6O2S/c1-19-6-5-9-21(16-19)24-27-28-25(34)31(24)11-10-23(33)30-14-12-29(13-15-30)18-22(32)26-17-20-7-3-2-4-8-20/h2-9,16H,10-15,17-18H2,1H3,(H,26,32)(H,28,34). The van der Waals surface area contributed by atoms with Crippen LogP contribution in [0.4, 0.5) is 0 Å². The number of nitrogens with zero attached hydrogens (tertiary/aromatic N) is 4. The lowest BCUT2D eigenvalue weighted by molar-refractivity contribution is -0.133. The maximum absolute atomic E-state index is 12.8. The van der Waals surface area contributed by atoms with E-state index in [1.54, 1.807) is 0 Å². The predicted molar refractivity (Wildman–Crippen MR) is 134 cm³/mol. The molecule has 0 atom stereocenters. The maximum Gasteiger partial charge on any atom is 0.234 e. The van der Waals surface area contributed by atoms with Gasteiger partial charge in [-0.15, -0.1) is 0 Å². The van der Waals surface area contributed by atoms with Crippen LogP contribution in [0.3, 0.4) is 0 Å². The van der Waals surface area contributed by atoms with Crippen LogP contribution < -0.4 is 5.32 Å². The van der Waals surface area contributed by atoms with Gasteiger partial charge in [0.2, 0.25) is 11.8 Å². The second-order valence-corrected chi connectivity index (χ2v) is 8.93. The normalized spacial score (nSPS) is 14.2. The van der Waals surface area contributed by atoms with Crippen molar-refractivity contribution in [2.24, 2.45) is 0 Å². The van der Waals surface area contributed by atoms with Gasteiger partial charge < -0.3 is 10.2 Å². The molecule has 2 N–H and O–H groups in total. The Labute approximate surface area is 204 Å². The molecule has 0 spiro atoms. The van der Waals surface area contributed by atoms with E-state index in [1.165, 1.54) is 0 Å². The quantitative estimate of drug-likeness (QED) is 0.486. The monoisotopic (exact) mass is 478 g/mol. The van der Waals surface area contributed by atoms with Crippen LogP contribution in [0.5, 0.6) is 0 Å². The number of rotatable bonds is 8. The van der Waals surface area contributed by atoms with Gasteiger partial charge in [-0.25, -0.2) is 0 Å². The van der Waals surface area contributed by atoms with E-state index in [9.17, 15) is 9.59 Å². The molecule has 2 heterocycles. The highest BCUT2D eigenvalue weighted by Gasteiger charge is 2.22. The molecular formula is C25H30N6O2S. The first kappa shape index (κ1) is 23.8. The molecule has 178 valence electrons. The summed E-state index contributed by atoms with van der Waals surface area (Å²) in [4.78, 5) is 29.1. The van der Waals surface area contributed by atoms with Crippen LogP contribution in [0.2, 0.25) is 0 Å². The van der Waals surface area contributed by atoms with E-state index in [0.29, 0.717) is 57.0 Å². The Morgan fingerprint density at radius 2 is 1.82 bits per heavy atom. The molecule has 4 rings (SSSR count). The minimum Gasteiger partial charge on any atom is -0.351 e. The summed E-state index contributed by atoms with van der Waals surface area (Å²) in [5, 5.41) is 10.2. The summed E-state index contributed by atoms with van der Waals surface area (Å²) in [6, 6.07) is 17.9. The van der Waals surface area contributed by atoms with E-state index in [4.69, 9.17) is 12.2 Å². The predicted octanol–water partition coefficient (Wildman–Crippen LogP) is 2.77. The molecule has 1 aliphatic heterocycles. The fraction of sp³-hybridized carbons (Fsp3) is 0.360. The molecule has 1 aliphatic rings. The summed E-state index contributed by atoms with van der Waals surface area (Å²) in [5.74, 6) is 0.834. The highest BCUT2D eigenvalue weighted by atomic mass is 32.1. The van der Waals surface area contributed by atoms with Gasteiger partial charge in [-0.05, 0) is 30.8 Å². The van der Waals surface area contributed by atoms with Gasteiger partial charge in [-0.1, -0.05) is 54.1 Å². The van der Waals surface area contributed by atoms with Crippen molar-refractivity contribution in [1.29, 1.82) is 0 Å². The molecule has 1 saturated heterocycles. The molecule has 0 bridgehead atoms. The van der Waals surface area contributed by atoms with Gasteiger partial charge in [0.05, 0.1) is 6.54 Å². The molecule has 1 aromatic heterocycles. The molecule has 9 heteroatoms. The van der Waals surface area contributed by atoms with Gasteiger partial charge in [0.25, 0.3) is 0 Å². The van der Waals surface area contributed by atoms with Crippen molar-refractivity contribution in [3.8, 4) is 11.4 Å². The largest absolute Gasteiger partial charge is 0.351 e. The smallest absolute Gasteiger partial charge is 0.234 e. The zero-order chi connectivity index (χ0) is 23.9. The number of carbonyl (C=O) groups is 2. The molecule has 0 aliphatic carbocycles. The summed E-state index contributed by atoms with van der Waals surface area (Å²) in [7, 11) is 0. The Balaban J connectivity index is 1.24. The molecule has 3 aromatic rings. The number of H-pyrrole nitrogens is 1. The summed E-state index contributed by atoms with van der Waals surface area (Å²) < 4.78 is 2.39. The van der Waals surface area contributed by atoms with Crippen LogP contribution >= 0.6 is 12.2 Å². The number of hydrogen-bond donors (Lipinski definition) is 2. The van der Waals surface area contributed by atoms with Gasteiger partial charge in [-0.2, -0.15) is 5.10 Å². The van der Waals surface area contributed by atoms with Gasteiger partial charge in [0, 0.05) is 51.3 Å². The summed E-state index contributed by atoms with van der Waals surface area (Å²) in [5.41, 5.74) is 3.19. The van der Waals surface area contributed by atoms with E-state index < -0.39 is 0 Å². The maximum atomic E-state index is 12.8. The average Bonchev–Trinajstić information content (AvgIpc) is 3.22. The molecule has 2 amide bonds. The molecule has 8 nitrogen and oxygen atoms in total. The third kappa shape index (κ3) is 6.18. The molecule has 2 aromatic carbocycles. The van der Waals surface area contributed by atoms with Crippen LogP contribution in [0, 0.1) is 11.7 Å². The third-order valence-corrected chi connectivity index (χ3v) is 6.32. The molecule has 34 heavy (non-hydrogen) atoms. The number of nitrogens with one attached hydrogen (secondary N) is 2. The van der Waals surface area contributed by atoms with E-state index in [0.717, 1.165) is 22.5 Å². The van der Waals surface area contributed by atoms with Gasteiger partial charge >= 0.3 is 0 Å². The number of benzene rings is 2. The van der Waals surface area contributed by atoms with Crippen molar-refractivity contribution in [1.82, 2.24) is 29.9 Å². The first-order valence-electron chi connectivity index (χ1n) is 11.5. The SMILES string of the molecule is Cc1cccc(-c2n[nH]c(=S)n2CCC(=O)N2CCN(CC(=O)NCc3ccccc3)CC2)c1. The first-order valence-corrected chi connectivity index (χ1v) is 11.9.